The summed E-state index contributed by atoms with van der Waals surface area (Å²) in [5.41, 5.74) is 2.64. The van der Waals surface area contributed by atoms with Crippen LogP contribution in [0.3, 0.4) is 0 Å². The number of anilines is 1. The molecule has 0 fully saturated rings. The molecule has 0 aliphatic heterocycles. The summed E-state index contributed by atoms with van der Waals surface area (Å²) in [4.78, 5) is 15.9. The Balaban J connectivity index is 1.79. The molecule has 1 aromatic carbocycles. The molecule has 0 unspecified atom stereocenters. The number of carbonyl (C=O) groups is 1. The van der Waals surface area contributed by atoms with Gasteiger partial charge in [-0.05, 0) is 19.4 Å². The Hall–Kier alpha value is -2.50. The number of aryl methyl sites for hydroxylation is 2. The second-order valence-corrected chi connectivity index (χ2v) is 4.42. The van der Waals surface area contributed by atoms with Gasteiger partial charge in [0.15, 0.2) is 0 Å². The van der Waals surface area contributed by atoms with Gasteiger partial charge in [0.2, 0.25) is 11.9 Å². The van der Waals surface area contributed by atoms with E-state index in [0.717, 1.165) is 17.0 Å². The maximum atomic E-state index is 11.7. The van der Waals surface area contributed by atoms with E-state index in [-0.39, 0.29) is 12.5 Å². The van der Waals surface area contributed by atoms with Gasteiger partial charge in [0.05, 0.1) is 17.9 Å². The third kappa shape index (κ3) is 4.01. The summed E-state index contributed by atoms with van der Waals surface area (Å²) in [7, 11) is 0. The summed E-state index contributed by atoms with van der Waals surface area (Å²) in [6, 6.07) is 9.74. The van der Waals surface area contributed by atoms with Crippen LogP contribution in [0.5, 0.6) is 0 Å². The summed E-state index contributed by atoms with van der Waals surface area (Å²) in [5, 5.41) is 13.5. The van der Waals surface area contributed by atoms with Crippen LogP contribution in [0.1, 0.15) is 17.0 Å². The molecule has 1 heterocycles. The molecule has 6 nitrogen and oxygen atoms in total. The van der Waals surface area contributed by atoms with Crippen molar-refractivity contribution in [3.8, 4) is 0 Å². The fourth-order valence-corrected chi connectivity index (χ4v) is 1.55. The molecule has 0 bridgehead atoms. The highest BCUT2D eigenvalue weighted by atomic mass is 16.1. The van der Waals surface area contributed by atoms with Gasteiger partial charge in [-0.15, -0.1) is 5.10 Å². The molecular weight excluding hydrogens is 254 g/mol. The van der Waals surface area contributed by atoms with Gasteiger partial charge in [0, 0.05) is 6.54 Å². The molecule has 0 saturated carbocycles. The Morgan fingerprint density at radius 2 is 1.85 bits per heavy atom. The molecule has 2 rings (SSSR count). The highest BCUT2D eigenvalue weighted by Gasteiger charge is 2.04. The van der Waals surface area contributed by atoms with Gasteiger partial charge >= 0.3 is 0 Å². The van der Waals surface area contributed by atoms with Crippen LogP contribution >= 0.6 is 0 Å². The molecule has 1 amide bonds. The molecule has 0 atom stereocenters. The number of nitrogens with one attached hydrogen (secondary N) is 2. The van der Waals surface area contributed by atoms with Crippen molar-refractivity contribution in [3.05, 3.63) is 47.3 Å². The van der Waals surface area contributed by atoms with Crippen molar-refractivity contribution >= 4 is 11.9 Å². The van der Waals surface area contributed by atoms with E-state index in [1.807, 2.05) is 44.2 Å². The first-order valence-electron chi connectivity index (χ1n) is 6.37. The number of nitrogens with zero attached hydrogens (tertiary/aromatic N) is 3. The van der Waals surface area contributed by atoms with E-state index >= 15 is 0 Å². The summed E-state index contributed by atoms with van der Waals surface area (Å²) < 4.78 is 0. The lowest BCUT2D eigenvalue weighted by molar-refractivity contribution is -0.119. The Morgan fingerprint density at radius 3 is 2.55 bits per heavy atom. The number of hydrogen-bond acceptors (Lipinski definition) is 5. The molecule has 0 spiro atoms. The summed E-state index contributed by atoms with van der Waals surface area (Å²) in [6.07, 6.45) is 0. The quantitative estimate of drug-likeness (QED) is 0.854. The molecule has 6 heteroatoms. The van der Waals surface area contributed by atoms with E-state index in [2.05, 4.69) is 25.8 Å². The predicted octanol–water partition coefficient (Wildman–Crippen LogP) is 1.22. The fourth-order valence-electron chi connectivity index (χ4n) is 1.55. The third-order valence-corrected chi connectivity index (χ3v) is 2.83. The van der Waals surface area contributed by atoms with Crippen molar-refractivity contribution in [2.45, 2.75) is 20.4 Å². The normalized spacial score (nSPS) is 10.1. The molecule has 0 aliphatic carbocycles. The van der Waals surface area contributed by atoms with Crippen molar-refractivity contribution in [2.24, 2.45) is 0 Å². The van der Waals surface area contributed by atoms with Gasteiger partial charge in [-0.25, -0.2) is 4.98 Å². The fraction of sp³-hybridized carbons (Fsp3) is 0.286. The Bertz CT molecular complexity index is 585. The molecule has 0 aliphatic rings. The Morgan fingerprint density at radius 1 is 1.10 bits per heavy atom. The first-order chi connectivity index (χ1) is 9.65. The van der Waals surface area contributed by atoms with Crippen LogP contribution in [-0.2, 0) is 11.3 Å². The number of amides is 1. The smallest absolute Gasteiger partial charge is 0.243 e. The maximum absolute atomic E-state index is 11.7. The van der Waals surface area contributed by atoms with Gasteiger partial charge in [0.1, 0.15) is 0 Å². The molecule has 0 radical (unpaired) electrons. The lowest BCUT2D eigenvalue weighted by Crippen LogP contribution is -2.30. The van der Waals surface area contributed by atoms with E-state index < -0.39 is 0 Å². The zero-order chi connectivity index (χ0) is 14.4. The number of aromatic nitrogens is 3. The molecule has 2 N–H and O–H groups in total. The SMILES string of the molecule is Cc1nnc(NCC(=O)NCc2ccccc2)nc1C. The number of hydrogen-bond donors (Lipinski definition) is 2. The first kappa shape index (κ1) is 13.9. The largest absolute Gasteiger partial charge is 0.350 e. The summed E-state index contributed by atoms with van der Waals surface area (Å²) in [5.74, 6) is 0.249. The van der Waals surface area contributed by atoms with Crippen LogP contribution in [0.25, 0.3) is 0 Å². The van der Waals surface area contributed by atoms with Crippen LogP contribution in [0.4, 0.5) is 5.95 Å². The summed E-state index contributed by atoms with van der Waals surface area (Å²) in [6.45, 7) is 4.32. The summed E-state index contributed by atoms with van der Waals surface area (Å²) >= 11 is 0. The zero-order valence-corrected chi connectivity index (χ0v) is 11.6. The number of carbonyl (C=O) groups excluding carboxylic acids is 1. The Kier molecular flexibility index (Phi) is 4.60. The molecule has 1 aromatic heterocycles. The second-order valence-electron chi connectivity index (χ2n) is 4.42. The van der Waals surface area contributed by atoms with Crippen LogP contribution < -0.4 is 10.6 Å². The van der Waals surface area contributed by atoms with E-state index in [4.69, 9.17) is 0 Å². The number of rotatable bonds is 5. The predicted molar refractivity (Wildman–Crippen MR) is 76.1 cm³/mol. The van der Waals surface area contributed by atoms with Crippen molar-refractivity contribution in [3.63, 3.8) is 0 Å². The highest BCUT2D eigenvalue weighted by Crippen LogP contribution is 2.01. The molecule has 104 valence electrons. The maximum Gasteiger partial charge on any atom is 0.243 e. The minimum Gasteiger partial charge on any atom is -0.350 e. The van der Waals surface area contributed by atoms with E-state index in [0.29, 0.717) is 12.5 Å². The van der Waals surface area contributed by atoms with Gasteiger partial charge < -0.3 is 10.6 Å². The second kappa shape index (κ2) is 6.60. The molecular formula is C14H17N5O. The van der Waals surface area contributed by atoms with Crippen molar-refractivity contribution in [2.75, 3.05) is 11.9 Å². The van der Waals surface area contributed by atoms with Crippen molar-refractivity contribution in [1.29, 1.82) is 0 Å². The van der Waals surface area contributed by atoms with Crippen molar-refractivity contribution < 1.29 is 4.79 Å². The first-order valence-corrected chi connectivity index (χ1v) is 6.37. The highest BCUT2D eigenvalue weighted by molar-refractivity contribution is 5.80. The van der Waals surface area contributed by atoms with Crippen LogP contribution in [-0.4, -0.2) is 27.6 Å². The van der Waals surface area contributed by atoms with Gasteiger partial charge in [-0.1, -0.05) is 30.3 Å². The van der Waals surface area contributed by atoms with Crippen LogP contribution in [0.15, 0.2) is 30.3 Å². The van der Waals surface area contributed by atoms with E-state index in [1.54, 1.807) is 0 Å². The molecule has 0 saturated heterocycles. The zero-order valence-electron chi connectivity index (χ0n) is 11.6. The average Bonchev–Trinajstić information content (AvgIpc) is 2.47. The lowest BCUT2D eigenvalue weighted by Gasteiger charge is -2.07. The number of benzene rings is 1. The van der Waals surface area contributed by atoms with Crippen LogP contribution in [0, 0.1) is 13.8 Å². The van der Waals surface area contributed by atoms with Gasteiger partial charge in [-0.2, -0.15) is 5.10 Å². The van der Waals surface area contributed by atoms with Gasteiger partial charge in [-0.3, -0.25) is 4.79 Å². The average molecular weight is 271 g/mol. The third-order valence-electron chi connectivity index (χ3n) is 2.83. The standard InChI is InChI=1S/C14H17N5O/c1-10-11(2)18-19-14(17-10)16-9-13(20)15-8-12-6-4-3-5-7-12/h3-7H,8-9H2,1-2H3,(H,15,20)(H,16,17,19). The monoisotopic (exact) mass is 271 g/mol. The topological polar surface area (TPSA) is 79.8 Å². The van der Waals surface area contributed by atoms with Crippen molar-refractivity contribution in [1.82, 2.24) is 20.5 Å². The van der Waals surface area contributed by atoms with Gasteiger partial charge in [0.25, 0.3) is 0 Å². The lowest BCUT2D eigenvalue weighted by atomic mass is 10.2. The minimum atomic E-state index is -0.115. The van der Waals surface area contributed by atoms with Crippen LogP contribution in [0.2, 0.25) is 0 Å². The van der Waals surface area contributed by atoms with E-state index in [1.165, 1.54) is 0 Å². The molecule has 20 heavy (non-hydrogen) atoms. The molecule has 2 aromatic rings. The van der Waals surface area contributed by atoms with E-state index in [9.17, 15) is 4.79 Å². The minimum absolute atomic E-state index is 0.115. The Labute approximate surface area is 117 Å².